The number of piperidine rings is 1. The number of nitrogens with zero attached hydrogens (tertiary/aromatic N) is 4. The molecule has 3 heterocycles. The molecule has 0 saturated carbocycles. The van der Waals surface area contributed by atoms with Crippen molar-refractivity contribution in [1.82, 2.24) is 24.4 Å². The molecule has 6 nitrogen and oxygen atoms in total. The number of aromatic nitrogens is 4. The van der Waals surface area contributed by atoms with Crippen LogP contribution in [0.2, 0.25) is 0 Å². The van der Waals surface area contributed by atoms with Crippen LogP contribution in [0.5, 0.6) is 0 Å². The van der Waals surface area contributed by atoms with Crippen LogP contribution in [0.15, 0.2) is 54.9 Å². The van der Waals surface area contributed by atoms with Gasteiger partial charge in [0.25, 0.3) is 5.91 Å². The Morgan fingerprint density at radius 1 is 1.08 bits per heavy atom. The Morgan fingerprint density at radius 3 is 2.77 bits per heavy atom. The number of nitrogens with one attached hydrogen (secondary N) is 1. The summed E-state index contributed by atoms with van der Waals surface area (Å²) in [5.41, 5.74) is 3.83. The number of rotatable bonds is 2. The number of carbonyl (C=O) groups excluding carboxylic acids is 1. The zero-order valence-electron chi connectivity index (χ0n) is 14.3. The van der Waals surface area contributed by atoms with Gasteiger partial charge < -0.3 is 14.5 Å². The first-order valence-corrected chi connectivity index (χ1v) is 8.95. The lowest BCUT2D eigenvalue weighted by Crippen LogP contribution is -2.41. The quantitative estimate of drug-likeness (QED) is 0.605. The number of hydrogen-bond donors (Lipinski definition) is 1. The van der Waals surface area contributed by atoms with Crippen molar-refractivity contribution in [1.29, 1.82) is 0 Å². The lowest BCUT2D eigenvalue weighted by atomic mass is 10.1. The molecule has 0 radical (unpaired) electrons. The first kappa shape index (κ1) is 15.1. The normalized spacial score (nSPS) is 17.8. The molecule has 5 rings (SSSR count). The van der Waals surface area contributed by atoms with Gasteiger partial charge in [0.15, 0.2) is 5.82 Å². The highest BCUT2D eigenvalue weighted by molar-refractivity contribution is 5.94. The minimum Gasteiger partial charge on any atom is -0.334 e. The largest absolute Gasteiger partial charge is 0.334 e. The molecule has 1 saturated heterocycles. The Morgan fingerprint density at radius 2 is 1.88 bits per heavy atom. The lowest BCUT2D eigenvalue weighted by molar-refractivity contribution is 0.0670. The first-order valence-electron chi connectivity index (χ1n) is 8.95. The molecule has 0 bridgehead atoms. The van der Waals surface area contributed by atoms with E-state index in [0.717, 1.165) is 41.5 Å². The number of H-pyrrole nitrogens is 1. The second kappa shape index (κ2) is 5.98. The SMILES string of the molecule is O=C(c1nc2ccccc2[nH]1)N1CCC[C@H](n2cnc3ccccc32)C1. The Balaban J connectivity index is 1.42. The Hall–Kier alpha value is -3.15. The highest BCUT2D eigenvalue weighted by Crippen LogP contribution is 2.26. The van der Waals surface area contributed by atoms with E-state index in [1.165, 1.54) is 0 Å². The third kappa shape index (κ3) is 2.45. The summed E-state index contributed by atoms with van der Waals surface area (Å²) in [6.07, 6.45) is 3.91. The molecule has 2 aromatic carbocycles. The summed E-state index contributed by atoms with van der Waals surface area (Å²) in [7, 11) is 0. The van der Waals surface area contributed by atoms with Crippen molar-refractivity contribution in [2.45, 2.75) is 18.9 Å². The molecular weight excluding hydrogens is 326 g/mol. The summed E-state index contributed by atoms with van der Waals surface area (Å²) in [5, 5.41) is 0. The second-order valence-corrected chi connectivity index (χ2v) is 6.79. The van der Waals surface area contributed by atoms with Crippen LogP contribution in [-0.4, -0.2) is 43.4 Å². The van der Waals surface area contributed by atoms with Gasteiger partial charge in [0.2, 0.25) is 0 Å². The van der Waals surface area contributed by atoms with Gasteiger partial charge in [-0.15, -0.1) is 0 Å². The molecule has 6 heteroatoms. The van der Waals surface area contributed by atoms with Gasteiger partial charge in [-0.1, -0.05) is 24.3 Å². The fourth-order valence-electron chi connectivity index (χ4n) is 3.84. The van der Waals surface area contributed by atoms with Gasteiger partial charge in [-0.3, -0.25) is 4.79 Å². The number of amides is 1. The van der Waals surface area contributed by atoms with Crippen molar-refractivity contribution >= 4 is 28.0 Å². The third-order valence-corrected chi connectivity index (χ3v) is 5.15. The standard InChI is InChI=1S/C20H19N5O/c26-20(19-22-15-7-1-2-8-16(15)23-19)24-11-5-6-14(12-24)25-13-21-17-9-3-4-10-18(17)25/h1-4,7-10,13-14H,5-6,11-12H2,(H,22,23)/t14-/m0/s1. The van der Waals surface area contributed by atoms with E-state index in [1.54, 1.807) is 0 Å². The summed E-state index contributed by atoms with van der Waals surface area (Å²) in [4.78, 5) is 27.0. The number of fused-ring (bicyclic) bond motifs is 2. The van der Waals surface area contributed by atoms with Gasteiger partial charge in [0.1, 0.15) is 0 Å². The van der Waals surface area contributed by atoms with E-state index in [-0.39, 0.29) is 11.9 Å². The first-order chi connectivity index (χ1) is 12.8. The fourth-order valence-corrected chi connectivity index (χ4v) is 3.84. The number of imidazole rings is 2. The van der Waals surface area contributed by atoms with Crippen LogP contribution in [0.1, 0.15) is 29.5 Å². The summed E-state index contributed by atoms with van der Waals surface area (Å²) >= 11 is 0. The zero-order valence-corrected chi connectivity index (χ0v) is 14.3. The van der Waals surface area contributed by atoms with Gasteiger partial charge in [-0.05, 0) is 37.1 Å². The molecule has 1 N–H and O–H groups in total. The van der Waals surface area contributed by atoms with E-state index >= 15 is 0 Å². The minimum atomic E-state index is -0.0321. The van der Waals surface area contributed by atoms with E-state index in [2.05, 4.69) is 25.6 Å². The molecule has 26 heavy (non-hydrogen) atoms. The molecule has 0 unspecified atom stereocenters. The molecule has 130 valence electrons. The van der Waals surface area contributed by atoms with Gasteiger partial charge in [0, 0.05) is 13.1 Å². The number of hydrogen-bond acceptors (Lipinski definition) is 3. The molecule has 1 amide bonds. The van der Waals surface area contributed by atoms with Gasteiger partial charge in [0.05, 0.1) is 34.4 Å². The molecule has 4 aromatic rings. The highest BCUT2D eigenvalue weighted by atomic mass is 16.2. The van der Waals surface area contributed by atoms with Crippen molar-refractivity contribution in [2.24, 2.45) is 0 Å². The Kier molecular flexibility index (Phi) is 3.48. The van der Waals surface area contributed by atoms with Crippen LogP contribution < -0.4 is 0 Å². The predicted octanol–water partition coefficient (Wildman–Crippen LogP) is 3.39. The summed E-state index contributed by atoms with van der Waals surface area (Å²) in [6.45, 7) is 1.44. The van der Waals surface area contributed by atoms with Gasteiger partial charge in [-0.2, -0.15) is 0 Å². The van der Waals surface area contributed by atoms with Crippen LogP contribution in [0.3, 0.4) is 0 Å². The maximum Gasteiger partial charge on any atom is 0.289 e. The highest BCUT2D eigenvalue weighted by Gasteiger charge is 2.27. The third-order valence-electron chi connectivity index (χ3n) is 5.15. The molecule has 0 spiro atoms. The lowest BCUT2D eigenvalue weighted by Gasteiger charge is -2.33. The summed E-state index contributed by atoms with van der Waals surface area (Å²) in [5.74, 6) is 0.387. The van der Waals surface area contributed by atoms with E-state index < -0.39 is 0 Å². The van der Waals surface area contributed by atoms with E-state index in [9.17, 15) is 4.79 Å². The molecule has 1 fully saturated rings. The van der Waals surface area contributed by atoms with Crippen molar-refractivity contribution in [3.8, 4) is 0 Å². The number of para-hydroxylation sites is 4. The van der Waals surface area contributed by atoms with E-state index in [1.807, 2.05) is 53.7 Å². The molecule has 0 aliphatic carbocycles. The van der Waals surface area contributed by atoms with Crippen molar-refractivity contribution < 1.29 is 4.79 Å². The van der Waals surface area contributed by atoms with Crippen molar-refractivity contribution in [2.75, 3.05) is 13.1 Å². The molecule has 1 aliphatic rings. The molecule has 2 aromatic heterocycles. The van der Waals surface area contributed by atoms with Crippen molar-refractivity contribution in [3.63, 3.8) is 0 Å². The Bertz CT molecular complexity index is 1060. The number of benzene rings is 2. The van der Waals surface area contributed by atoms with Crippen LogP contribution in [0.25, 0.3) is 22.1 Å². The summed E-state index contributed by atoms with van der Waals surface area (Å²) in [6, 6.07) is 16.1. The second-order valence-electron chi connectivity index (χ2n) is 6.79. The smallest absolute Gasteiger partial charge is 0.289 e. The topological polar surface area (TPSA) is 66.8 Å². The predicted molar refractivity (Wildman–Crippen MR) is 100 cm³/mol. The number of carbonyl (C=O) groups is 1. The maximum absolute atomic E-state index is 13.0. The Labute approximate surface area is 150 Å². The number of aromatic amines is 1. The monoisotopic (exact) mass is 345 g/mol. The fraction of sp³-hybridized carbons (Fsp3) is 0.250. The molecule has 1 aliphatic heterocycles. The van der Waals surface area contributed by atoms with E-state index in [0.29, 0.717) is 12.4 Å². The average molecular weight is 345 g/mol. The minimum absolute atomic E-state index is 0.0321. The molecular formula is C20H19N5O. The van der Waals surface area contributed by atoms with Gasteiger partial charge in [-0.25, -0.2) is 9.97 Å². The van der Waals surface area contributed by atoms with Crippen LogP contribution in [0.4, 0.5) is 0 Å². The van der Waals surface area contributed by atoms with Crippen LogP contribution in [0, 0.1) is 0 Å². The average Bonchev–Trinajstić information content (AvgIpc) is 3.31. The van der Waals surface area contributed by atoms with E-state index in [4.69, 9.17) is 0 Å². The summed E-state index contributed by atoms with van der Waals surface area (Å²) < 4.78 is 2.20. The number of likely N-dealkylation sites (tertiary alicyclic amines) is 1. The van der Waals surface area contributed by atoms with Crippen molar-refractivity contribution in [3.05, 3.63) is 60.7 Å². The van der Waals surface area contributed by atoms with Gasteiger partial charge >= 0.3 is 0 Å². The van der Waals surface area contributed by atoms with Crippen LogP contribution in [-0.2, 0) is 0 Å². The zero-order chi connectivity index (χ0) is 17.5. The maximum atomic E-state index is 13.0. The van der Waals surface area contributed by atoms with Crippen LogP contribution >= 0.6 is 0 Å². The molecule has 1 atom stereocenters.